The zero-order valence-corrected chi connectivity index (χ0v) is 16.9. The topological polar surface area (TPSA) is 33.6 Å². The Labute approximate surface area is 169 Å². The number of anilines is 1. The SMILES string of the molecule is Cc1cccc(N/N=C2/CCCc3cc4c(cc32)Oc2ccccc2S4)c1C. The molecule has 5 rings (SSSR count). The van der Waals surface area contributed by atoms with Crippen molar-refractivity contribution < 1.29 is 4.74 Å². The van der Waals surface area contributed by atoms with Crippen molar-refractivity contribution in [3.8, 4) is 11.5 Å². The van der Waals surface area contributed by atoms with Crippen LogP contribution in [0.25, 0.3) is 0 Å². The number of rotatable bonds is 2. The summed E-state index contributed by atoms with van der Waals surface area (Å²) in [6.07, 6.45) is 3.20. The lowest BCUT2D eigenvalue weighted by molar-refractivity contribution is 0.454. The van der Waals surface area contributed by atoms with Gasteiger partial charge in [-0.2, -0.15) is 5.10 Å². The molecule has 28 heavy (non-hydrogen) atoms. The van der Waals surface area contributed by atoms with E-state index in [0.29, 0.717) is 0 Å². The molecule has 0 bridgehead atoms. The number of hydrogen-bond donors (Lipinski definition) is 1. The summed E-state index contributed by atoms with van der Waals surface area (Å²) in [6.45, 7) is 4.26. The van der Waals surface area contributed by atoms with Gasteiger partial charge < -0.3 is 4.74 Å². The van der Waals surface area contributed by atoms with Crippen LogP contribution in [0.1, 0.15) is 35.1 Å². The third-order valence-corrected chi connectivity index (χ3v) is 6.64. The normalized spacial score (nSPS) is 16.0. The predicted molar refractivity (Wildman–Crippen MR) is 116 cm³/mol. The highest BCUT2D eigenvalue weighted by molar-refractivity contribution is 7.99. The van der Waals surface area contributed by atoms with Gasteiger partial charge in [-0.25, -0.2) is 0 Å². The van der Waals surface area contributed by atoms with Crippen LogP contribution in [0.4, 0.5) is 5.69 Å². The van der Waals surface area contributed by atoms with Crippen molar-refractivity contribution in [3.05, 3.63) is 76.9 Å². The maximum absolute atomic E-state index is 6.19. The van der Waals surface area contributed by atoms with Gasteiger partial charge in [0.15, 0.2) is 0 Å². The van der Waals surface area contributed by atoms with Crippen molar-refractivity contribution in [2.75, 3.05) is 5.43 Å². The lowest BCUT2D eigenvalue weighted by Crippen LogP contribution is -2.14. The minimum absolute atomic E-state index is 0.933. The van der Waals surface area contributed by atoms with Crippen molar-refractivity contribution in [2.45, 2.75) is 42.9 Å². The molecule has 0 aromatic heterocycles. The Morgan fingerprint density at radius 2 is 1.82 bits per heavy atom. The van der Waals surface area contributed by atoms with Crippen LogP contribution in [0.5, 0.6) is 11.5 Å². The van der Waals surface area contributed by atoms with Gasteiger partial charge in [0.25, 0.3) is 0 Å². The van der Waals surface area contributed by atoms with Crippen molar-refractivity contribution >= 4 is 23.2 Å². The van der Waals surface area contributed by atoms with E-state index in [1.807, 2.05) is 12.1 Å². The van der Waals surface area contributed by atoms with Gasteiger partial charge in [0, 0.05) is 5.56 Å². The molecule has 0 radical (unpaired) electrons. The molecule has 0 atom stereocenters. The van der Waals surface area contributed by atoms with Gasteiger partial charge in [0.2, 0.25) is 0 Å². The van der Waals surface area contributed by atoms with Crippen LogP contribution in [-0.4, -0.2) is 5.71 Å². The lowest BCUT2D eigenvalue weighted by atomic mass is 9.90. The van der Waals surface area contributed by atoms with Crippen LogP contribution in [0.15, 0.2) is 69.5 Å². The quantitative estimate of drug-likeness (QED) is 0.389. The average molecular weight is 387 g/mol. The standard InChI is InChI=1S/C24H22N2OS/c1-15-7-5-9-19(16(15)2)25-26-20-10-6-8-17-13-24-22(14-18(17)20)27-21-11-3-4-12-23(21)28-24/h3-5,7,9,11-14,25H,6,8,10H2,1-2H3/b26-20-. The van der Waals surface area contributed by atoms with Crippen LogP contribution < -0.4 is 10.2 Å². The average Bonchev–Trinajstić information content (AvgIpc) is 2.72. The Bertz CT molecular complexity index is 1100. The highest BCUT2D eigenvalue weighted by Gasteiger charge is 2.23. The largest absolute Gasteiger partial charge is 0.455 e. The Balaban J connectivity index is 1.49. The molecule has 1 aliphatic heterocycles. The first kappa shape index (κ1) is 17.4. The molecule has 1 aliphatic carbocycles. The summed E-state index contributed by atoms with van der Waals surface area (Å²) in [5.74, 6) is 1.87. The second-order valence-corrected chi connectivity index (χ2v) is 8.46. The predicted octanol–water partition coefficient (Wildman–Crippen LogP) is 6.71. The number of hydrazone groups is 1. The van der Waals surface area contributed by atoms with Crippen molar-refractivity contribution in [1.29, 1.82) is 0 Å². The number of ether oxygens (including phenoxy) is 1. The third kappa shape index (κ3) is 3.08. The van der Waals surface area contributed by atoms with Crippen LogP contribution in [0.2, 0.25) is 0 Å². The molecule has 3 nitrogen and oxygen atoms in total. The monoisotopic (exact) mass is 386 g/mol. The maximum Gasteiger partial charge on any atom is 0.142 e. The zero-order valence-electron chi connectivity index (χ0n) is 16.1. The van der Waals surface area contributed by atoms with Gasteiger partial charge in [-0.15, -0.1) is 0 Å². The molecule has 0 unspecified atom stereocenters. The van der Waals surface area contributed by atoms with Gasteiger partial charge in [-0.1, -0.05) is 36.0 Å². The molecular formula is C24H22N2OS. The molecule has 0 saturated heterocycles. The smallest absolute Gasteiger partial charge is 0.142 e. The molecule has 0 spiro atoms. The van der Waals surface area contributed by atoms with E-state index in [9.17, 15) is 0 Å². The number of nitrogens with zero attached hydrogens (tertiary/aromatic N) is 1. The fourth-order valence-electron chi connectivity index (χ4n) is 3.79. The molecule has 1 heterocycles. The molecular weight excluding hydrogens is 364 g/mol. The Kier molecular flexibility index (Phi) is 4.36. The number of hydrogen-bond acceptors (Lipinski definition) is 4. The van der Waals surface area contributed by atoms with E-state index in [1.165, 1.54) is 32.0 Å². The number of aryl methyl sites for hydroxylation is 2. The molecule has 3 aromatic carbocycles. The van der Waals surface area contributed by atoms with Crippen molar-refractivity contribution in [2.24, 2.45) is 5.10 Å². The van der Waals surface area contributed by atoms with E-state index in [0.717, 1.165) is 42.2 Å². The van der Waals surface area contributed by atoms with Crippen LogP contribution >= 0.6 is 11.8 Å². The van der Waals surface area contributed by atoms with Crippen LogP contribution in [0.3, 0.4) is 0 Å². The van der Waals surface area contributed by atoms with Gasteiger partial charge in [-0.05, 0) is 80.1 Å². The second kappa shape index (κ2) is 7.02. The van der Waals surface area contributed by atoms with Crippen LogP contribution in [0, 0.1) is 13.8 Å². The van der Waals surface area contributed by atoms with Gasteiger partial charge >= 0.3 is 0 Å². The first-order chi connectivity index (χ1) is 13.7. The Hall–Kier alpha value is -2.72. The van der Waals surface area contributed by atoms with Crippen molar-refractivity contribution in [1.82, 2.24) is 0 Å². The third-order valence-electron chi connectivity index (χ3n) is 5.55. The fraction of sp³-hybridized carbons (Fsp3) is 0.208. The van der Waals surface area contributed by atoms with Crippen LogP contribution in [-0.2, 0) is 6.42 Å². The summed E-state index contributed by atoms with van der Waals surface area (Å²) < 4.78 is 6.19. The number of nitrogens with one attached hydrogen (secondary N) is 1. The number of benzene rings is 3. The minimum atomic E-state index is 0.933. The van der Waals surface area contributed by atoms with E-state index >= 15 is 0 Å². The molecule has 0 amide bonds. The minimum Gasteiger partial charge on any atom is -0.455 e. The number of fused-ring (bicyclic) bond motifs is 3. The summed E-state index contributed by atoms with van der Waals surface area (Å²) in [5, 5.41) is 4.79. The molecule has 0 fully saturated rings. The first-order valence-electron chi connectivity index (χ1n) is 9.70. The van der Waals surface area contributed by atoms with E-state index < -0.39 is 0 Å². The van der Waals surface area contributed by atoms with Gasteiger partial charge in [-0.3, -0.25) is 5.43 Å². The number of para-hydroxylation sites is 1. The van der Waals surface area contributed by atoms with Crippen molar-refractivity contribution in [3.63, 3.8) is 0 Å². The van der Waals surface area contributed by atoms with E-state index in [4.69, 9.17) is 9.84 Å². The highest BCUT2D eigenvalue weighted by atomic mass is 32.2. The Morgan fingerprint density at radius 1 is 0.929 bits per heavy atom. The summed E-state index contributed by atoms with van der Waals surface area (Å²) >= 11 is 1.79. The van der Waals surface area contributed by atoms with E-state index in [-0.39, 0.29) is 0 Å². The molecule has 4 heteroatoms. The van der Waals surface area contributed by atoms with E-state index in [2.05, 4.69) is 61.7 Å². The molecule has 0 saturated carbocycles. The highest BCUT2D eigenvalue weighted by Crippen LogP contribution is 2.48. The first-order valence-corrected chi connectivity index (χ1v) is 10.5. The van der Waals surface area contributed by atoms with Gasteiger partial charge in [0.05, 0.1) is 21.2 Å². The molecule has 2 aliphatic rings. The second-order valence-electron chi connectivity index (χ2n) is 7.38. The summed E-state index contributed by atoms with van der Waals surface area (Å²) in [5.41, 5.74) is 10.6. The zero-order chi connectivity index (χ0) is 19.1. The molecule has 3 aromatic rings. The summed E-state index contributed by atoms with van der Waals surface area (Å²) in [6, 6.07) is 19.0. The lowest BCUT2D eigenvalue weighted by Gasteiger charge is -2.24. The summed E-state index contributed by atoms with van der Waals surface area (Å²) in [7, 11) is 0. The molecule has 140 valence electrons. The van der Waals surface area contributed by atoms with Gasteiger partial charge in [0.1, 0.15) is 11.5 Å². The molecule has 1 N–H and O–H groups in total. The summed E-state index contributed by atoms with van der Waals surface area (Å²) in [4.78, 5) is 2.37. The Morgan fingerprint density at radius 3 is 2.75 bits per heavy atom. The fourth-order valence-corrected chi connectivity index (χ4v) is 4.79. The van der Waals surface area contributed by atoms with E-state index in [1.54, 1.807) is 11.8 Å². The maximum atomic E-state index is 6.19.